The average Bonchev–Trinajstić information content (AvgIpc) is 2.98. The quantitative estimate of drug-likeness (QED) is 0.622. The number of amides is 2. The van der Waals surface area contributed by atoms with Gasteiger partial charge >= 0.3 is 6.03 Å². The number of rotatable bonds is 4. The van der Waals surface area contributed by atoms with Crippen molar-refractivity contribution in [3.63, 3.8) is 0 Å². The standard InChI is InChI=1S/C26H26FN3O3/c1-16-12-20-14-23(32-3)24(33-4)15-22(20)25(29-30(16)26(31)28-2)18-10-8-17(9-11-18)19-6-5-7-21(27)13-19/h5-11,13-16H,12H2,1-4H3,(H,28,31). The van der Waals surface area contributed by atoms with Gasteiger partial charge in [0.05, 0.1) is 26.0 Å². The number of ether oxygens (including phenoxy) is 2. The Hall–Kier alpha value is -3.87. The second-order valence-electron chi connectivity index (χ2n) is 7.85. The molecule has 4 rings (SSSR count). The second-order valence-corrected chi connectivity index (χ2v) is 7.85. The highest BCUT2D eigenvalue weighted by atomic mass is 19.1. The van der Waals surface area contributed by atoms with Gasteiger partial charge in [0.1, 0.15) is 5.82 Å². The van der Waals surface area contributed by atoms with Gasteiger partial charge in [0.25, 0.3) is 0 Å². The van der Waals surface area contributed by atoms with E-state index in [2.05, 4.69) is 5.32 Å². The molecule has 0 saturated heterocycles. The molecule has 0 fully saturated rings. The molecule has 33 heavy (non-hydrogen) atoms. The Balaban J connectivity index is 1.85. The van der Waals surface area contributed by atoms with Gasteiger partial charge in [0.2, 0.25) is 0 Å². The zero-order valence-corrected chi connectivity index (χ0v) is 19.1. The van der Waals surface area contributed by atoms with Crippen LogP contribution in [0.3, 0.4) is 0 Å². The van der Waals surface area contributed by atoms with Crippen LogP contribution in [0.25, 0.3) is 11.1 Å². The molecule has 6 nitrogen and oxygen atoms in total. The van der Waals surface area contributed by atoms with Crippen LogP contribution >= 0.6 is 0 Å². The molecule has 1 atom stereocenters. The first kappa shape index (κ1) is 22.3. The van der Waals surface area contributed by atoms with Crippen LogP contribution in [0.15, 0.2) is 65.8 Å². The minimum absolute atomic E-state index is 0.175. The first-order valence-corrected chi connectivity index (χ1v) is 10.7. The number of halogens is 1. The highest BCUT2D eigenvalue weighted by molar-refractivity contribution is 6.14. The van der Waals surface area contributed by atoms with Crippen molar-refractivity contribution in [2.45, 2.75) is 19.4 Å². The van der Waals surface area contributed by atoms with E-state index in [1.54, 1.807) is 27.3 Å². The van der Waals surface area contributed by atoms with Crippen molar-refractivity contribution < 1.29 is 18.7 Å². The first-order chi connectivity index (χ1) is 15.9. The molecule has 0 radical (unpaired) electrons. The molecule has 0 spiro atoms. The summed E-state index contributed by atoms with van der Waals surface area (Å²) in [6.45, 7) is 1.95. The molecule has 0 saturated carbocycles. The van der Waals surface area contributed by atoms with E-state index < -0.39 is 0 Å². The largest absolute Gasteiger partial charge is 0.493 e. The molecule has 1 unspecified atom stereocenters. The van der Waals surface area contributed by atoms with Gasteiger partial charge in [-0.2, -0.15) is 5.10 Å². The fraction of sp³-hybridized carbons (Fsp3) is 0.231. The summed E-state index contributed by atoms with van der Waals surface area (Å²) in [4.78, 5) is 12.6. The van der Waals surface area contributed by atoms with Gasteiger partial charge < -0.3 is 14.8 Å². The zero-order chi connectivity index (χ0) is 23.5. The molecular weight excluding hydrogens is 421 g/mol. The maximum absolute atomic E-state index is 13.7. The molecule has 0 aliphatic carbocycles. The number of hydrazone groups is 1. The minimum Gasteiger partial charge on any atom is -0.493 e. The van der Waals surface area contributed by atoms with Gasteiger partial charge in [-0.1, -0.05) is 36.4 Å². The van der Waals surface area contributed by atoms with E-state index >= 15 is 0 Å². The van der Waals surface area contributed by atoms with Crippen LogP contribution in [0.2, 0.25) is 0 Å². The topological polar surface area (TPSA) is 63.2 Å². The maximum atomic E-state index is 13.7. The van der Waals surface area contributed by atoms with Gasteiger partial charge in [0.15, 0.2) is 11.5 Å². The number of methoxy groups -OCH3 is 2. The summed E-state index contributed by atoms with van der Waals surface area (Å²) in [5, 5.41) is 8.90. The smallest absolute Gasteiger partial charge is 0.337 e. The fourth-order valence-corrected chi connectivity index (χ4v) is 4.04. The molecule has 1 aliphatic heterocycles. The van der Waals surface area contributed by atoms with E-state index in [0.717, 1.165) is 27.8 Å². The molecular formula is C26H26FN3O3. The monoisotopic (exact) mass is 447 g/mol. The van der Waals surface area contributed by atoms with E-state index in [-0.39, 0.29) is 17.9 Å². The van der Waals surface area contributed by atoms with Crippen LogP contribution in [0.4, 0.5) is 9.18 Å². The van der Waals surface area contributed by atoms with Gasteiger partial charge in [-0.05, 0) is 54.3 Å². The Bertz CT molecular complexity index is 1210. The van der Waals surface area contributed by atoms with E-state index in [0.29, 0.717) is 23.6 Å². The number of nitrogens with zero attached hydrogens (tertiary/aromatic N) is 2. The number of carbonyl (C=O) groups is 1. The van der Waals surface area contributed by atoms with Crippen LogP contribution in [-0.2, 0) is 6.42 Å². The summed E-state index contributed by atoms with van der Waals surface area (Å²) in [5.41, 5.74) is 5.01. The van der Waals surface area contributed by atoms with Crippen molar-refractivity contribution in [2.75, 3.05) is 21.3 Å². The zero-order valence-electron chi connectivity index (χ0n) is 19.1. The third-order valence-corrected chi connectivity index (χ3v) is 5.74. The Labute approximate surface area is 192 Å². The number of hydrogen-bond donors (Lipinski definition) is 1. The summed E-state index contributed by atoms with van der Waals surface area (Å²) >= 11 is 0. The number of nitrogens with one attached hydrogen (secondary N) is 1. The number of fused-ring (bicyclic) bond motifs is 1. The lowest BCUT2D eigenvalue weighted by Gasteiger charge is -2.22. The third kappa shape index (κ3) is 4.39. The van der Waals surface area contributed by atoms with Crippen LogP contribution < -0.4 is 14.8 Å². The summed E-state index contributed by atoms with van der Waals surface area (Å²) in [5.74, 6) is 0.925. The van der Waals surface area contributed by atoms with Gasteiger partial charge in [0, 0.05) is 18.2 Å². The molecule has 0 bridgehead atoms. The third-order valence-electron chi connectivity index (χ3n) is 5.74. The normalized spacial score (nSPS) is 15.2. The van der Waals surface area contributed by atoms with E-state index in [9.17, 15) is 9.18 Å². The Morgan fingerprint density at radius 2 is 1.67 bits per heavy atom. The lowest BCUT2D eigenvalue weighted by Crippen LogP contribution is -2.41. The van der Waals surface area contributed by atoms with Gasteiger partial charge in [-0.15, -0.1) is 0 Å². The second kappa shape index (κ2) is 9.32. The molecule has 1 heterocycles. The highest BCUT2D eigenvalue weighted by Crippen LogP contribution is 2.35. The average molecular weight is 448 g/mol. The van der Waals surface area contributed by atoms with Crippen molar-refractivity contribution in [1.82, 2.24) is 10.3 Å². The van der Waals surface area contributed by atoms with Crippen LogP contribution in [0, 0.1) is 5.82 Å². The van der Waals surface area contributed by atoms with Gasteiger partial charge in [-0.3, -0.25) is 0 Å². The number of carbonyl (C=O) groups excluding carboxylic acids is 1. The molecule has 0 aromatic heterocycles. The Morgan fingerprint density at radius 1 is 1.00 bits per heavy atom. The van der Waals surface area contributed by atoms with Crippen LogP contribution in [-0.4, -0.2) is 44.1 Å². The number of hydrogen-bond acceptors (Lipinski definition) is 4. The fourth-order valence-electron chi connectivity index (χ4n) is 4.04. The molecule has 1 N–H and O–H groups in total. The lowest BCUT2D eigenvalue weighted by molar-refractivity contribution is 0.184. The minimum atomic E-state index is -0.289. The highest BCUT2D eigenvalue weighted by Gasteiger charge is 2.28. The summed E-state index contributed by atoms with van der Waals surface area (Å²) < 4.78 is 24.7. The van der Waals surface area contributed by atoms with E-state index in [1.165, 1.54) is 17.1 Å². The molecule has 3 aromatic carbocycles. The summed E-state index contributed by atoms with van der Waals surface area (Å²) in [6, 6.07) is 17.5. The number of benzene rings is 3. The molecule has 2 amide bonds. The predicted molar refractivity (Wildman–Crippen MR) is 126 cm³/mol. The molecule has 1 aliphatic rings. The summed E-state index contributed by atoms with van der Waals surface area (Å²) in [6.07, 6.45) is 0.595. The number of urea groups is 1. The maximum Gasteiger partial charge on any atom is 0.337 e. The Morgan fingerprint density at radius 3 is 2.30 bits per heavy atom. The van der Waals surface area contributed by atoms with Crippen molar-refractivity contribution in [3.05, 3.63) is 83.2 Å². The summed E-state index contributed by atoms with van der Waals surface area (Å²) in [7, 11) is 4.77. The van der Waals surface area contributed by atoms with Crippen molar-refractivity contribution in [3.8, 4) is 22.6 Å². The van der Waals surface area contributed by atoms with Gasteiger partial charge in [-0.25, -0.2) is 14.2 Å². The molecule has 170 valence electrons. The van der Waals surface area contributed by atoms with Crippen molar-refractivity contribution >= 4 is 11.7 Å². The van der Waals surface area contributed by atoms with Crippen molar-refractivity contribution in [1.29, 1.82) is 0 Å². The van der Waals surface area contributed by atoms with Crippen LogP contribution in [0.1, 0.15) is 23.6 Å². The molecule has 3 aromatic rings. The SMILES string of the molecule is CNC(=O)N1N=C(c2ccc(-c3cccc(F)c3)cc2)c2cc(OC)c(OC)cc2CC1C. The van der Waals surface area contributed by atoms with E-state index in [4.69, 9.17) is 14.6 Å². The molecule has 7 heteroatoms. The lowest BCUT2D eigenvalue weighted by atomic mass is 9.93. The van der Waals surface area contributed by atoms with Crippen LogP contribution in [0.5, 0.6) is 11.5 Å². The van der Waals surface area contributed by atoms with E-state index in [1.807, 2.05) is 49.4 Å². The van der Waals surface area contributed by atoms with Crippen molar-refractivity contribution in [2.24, 2.45) is 5.10 Å². The Kier molecular flexibility index (Phi) is 6.31. The predicted octanol–water partition coefficient (Wildman–Crippen LogP) is 4.85. The first-order valence-electron chi connectivity index (χ1n) is 10.7.